The number of rotatable bonds is 6. The molecule has 2 amide bonds. The fraction of sp³-hybridized carbons (Fsp3) is 0.105. The van der Waals surface area contributed by atoms with Crippen LogP contribution < -0.4 is 15.9 Å². The van der Waals surface area contributed by atoms with Crippen molar-refractivity contribution in [1.29, 1.82) is 0 Å². The highest BCUT2D eigenvalue weighted by Crippen LogP contribution is 2.25. The van der Waals surface area contributed by atoms with Crippen molar-refractivity contribution in [3.05, 3.63) is 71.9 Å². The maximum absolute atomic E-state index is 10.8. The molecule has 0 aliphatic carbocycles. The molecule has 0 bridgehead atoms. The van der Waals surface area contributed by atoms with Gasteiger partial charge in [0.25, 0.3) is 0 Å². The van der Waals surface area contributed by atoms with E-state index >= 15 is 0 Å². The number of nitrogens with one attached hydrogen (secondary N) is 1. The second kappa shape index (κ2) is 7.98. The van der Waals surface area contributed by atoms with Gasteiger partial charge in [-0.1, -0.05) is 42.5 Å². The van der Waals surface area contributed by atoms with Crippen molar-refractivity contribution in [1.82, 2.24) is 15.2 Å². The van der Waals surface area contributed by atoms with Crippen LogP contribution in [0.4, 0.5) is 4.79 Å². The van der Waals surface area contributed by atoms with Gasteiger partial charge in [0.05, 0.1) is 19.9 Å². The Balaban J connectivity index is 1.96. The lowest BCUT2D eigenvalue weighted by Crippen LogP contribution is -2.24. The molecule has 0 spiro atoms. The van der Waals surface area contributed by atoms with Gasteiger partial charge < -0.3 is 10.5 Å². The number of hydrogen-bond donors (Lipinski definition) is 2. The highest BCUT2D eigenvalue weighted by molar-refractivity contribution is 5.89. The Kier molecular flexibility index (Phi) is 5.28. The van der Waals surface area contributed by atoms with Gasteiger partial charge in [0.2, 0.25) is 0 Å². The first-order chi connectivity index (χ1) is 12.7. The number of methoxy groups -OCH3 is 1. The molecule has 0 radical (unpaired) electrons. The van der Waals surface area contributed by atoms with E-state index in [9.17, 15) is 4.79 Å². The molecular weight excluding hydrogens is 330 g/mol. The quantitative estimate of drug-likeness (QED) is 0.529. The zero-order valence-electron chi connectivity index (χ0n) is 14.3. The standard InChI is InChI=1S/C19H19N5O2/c1-26-17-9-5-8-15(10-17)18-16(11-21-22-19(20)25)13-24(23-18)12-14-6-3-2-4-7-14/h2-11,13H,12H2,1H3,(H3,20,22,25)/b21-11-. The first-order valence-electron chi connectivity index (χ1n) is 8.00. The number of urea groups is 1. The number of aromatic nitrogens is 2. The Morgan fingerprint density at radius 2 is 2.08 bits per heavy atom. The zero-order chi connectivity index (χ0) is 18.4. The Labute approximate surface area is 151 Å². The van der Waals surface area contributed by atoms with Crippen LogP contribution in [0.1, 0.15) is 11.1 Å². The summed E-state index contributed by atoms with van der Waals surface area (Å²) in [5, 5.41) is 8.53. The molecule has 132 valence electrons. The van der Waals surface area contributed by atoms with Crippen molar-refractivity contribution in [2.75, 3.05) is 7.11 Å². The number of primary amides is 1. The second-order valence-corrected chi connectivity index (χ2v) is 5.58. The maximum Gasteiger partial charge on any atom is 0.332 e. The summed E-state index contributed by atoms with van der Waals surface area (Å²) >= 11 is 0. The number of carbonyl (C=O) groups excluding carboxylic acids is 1. The number of carbonyl (C=O) groups is 1. The van der Waals surface area contributed by atoms with Crippen LogP contribution >= 0.6 is 0 Å². The first kappa shape index (κ1) is 17.2. The second-order valence-electron chi connectivity index (χ2n) is 5.58. The predicted molar refractivity (Wildman–Crippen MR) is 100 cm³/mol. The molecule has 0 unspecified atom stereocenters. The van der Waals surface area contributed by atoms with E-state index in [1.165, 1.54) is 6.21 Å². The van der Waals surface area contributed by atoms with E-state index in [1.807, 2.05) is 65.5 Å². The van der Waals surface area contributed by atoms with Gasteiger partial charge in [0.15, 0.2) is 0 Å². The van der Waals surface area contributed by atoms with E-state index in [0.29, 0.717) is 6.54 Å². The minimum Gasteiger partial charge on any atom is -0.497 e. The molecular formula is C19H19N5O2. The van der Waals surface area contributed by atoms with E-state index in [2.05, 4.69) is 15.6 Å². The van der Waals surface area contributed by atoms with Crippen LogP contribution in [0.3, 0.4) is 0 Å². The molecule has 1 heterocycles. The molecule has 3 rings (SSSR count). The number of amides is 2. The third-order valence-electron chi connectivity index (χ3n) is 3.70. The predicted octanol–water partition coefficient (Wildman–Crippen LogP) is 2.61. The Hall–Kier alpha value is -3.61. The normalized spacial score (nSPS) is 10.8. The van der Waals surface area contributed by atoms with Gasteiger partial charge >= 0.3 is 6.03 Å². The van der Waals surface area contributed by atoms with Gasteiger partial charge in [-0.05, 0) is 17.7 Å². The topological polar surface area (TPSA) is 94.5 Å². The van der Waals surface area contributed by atoms with Crippen LogP contribution in [0.15, 0.2) is 65.9 Å². The largest absolute Gasteiger partial charge is 0.497 e. The fourth-order valence-electron chi connectivity index (χ4n) is 2.54. The molecule has 0 fully saturated rings. The van der Waals surface area contributed by atoms with Crippen molar-refractivity contribution in [2.45, 2.75) is 6.54 Å². The van der Waals surface area contributed by atoms with Gasteiger partial charge in [-0.15, -0.1) is 0 Å². The molecule has 3 aromatic rings. The van der Waals surface area contributed by atoms with Gasteiger partial charge in [-0.2, -0.15) is 10.2 Å². The summed E-state index contributed by atoms with van der Waals surface area (Å²) in [6.07, 6.45) is 3.39. The third-order valence-corrected chi connectivity index (χ3v) is 3.70. The van der Waals surface area contributed by atoms with E-state index in [1.54, 1.807) is 7.11 Å². The Morgan fingerprint density at radius 1 is 1.27 bits per heavy atom. The van der Waals surface area contributed by atoms with Gasteiger partial charge in [0.1, 0.15) is 11.4 Å². The Morgan fingerprint density at radius 3 is 2.81 bits per heavy atom. The molecule has 0 saturated carbocycles. The van der Waals surface area contributed by atoms with Crippen LogP contribution in [-0.4, -0.2) is 29.1 Å². The minimum atomic E-state index is -0.721. The van der Waals surface area contributed by atoms with Gasteiger partial charge in [-0.25, -0.2) is 10.2 Å². The fourth-order valence-corrected chi connectivity index (χ4v) is 2.54. The van der Waals surface area contributed by atoms with Crippen LogP contribution in [0.5, 0.6) is 5.75 Å². The monoisotopic (exact) mass is 349 g/mol. The average Bonchev–Trinajstić information content (AvgIpc) is 3.05. The lowest BCUT2D eigenvalue weighted by atomic mass is 10.1. The number of benzene rings is 2. The smallest absolute Gasteiger partial charge is 0.332 e. The van der Waals surface area contributed by atoms with Crippen molar-refractivity contribution in [3.63, 3.8) is 0 Å². The summed E-state index contributed by atoms with van der Waals surface area (Å²) in [6, 6.07) is 16.9. The molecule has 0 aliphatic rings. The summed E-state index contributed by atoms with van der Waals surface area (Å²) < 4.78 is 7.12. The molecule has 7 nitrogen and oxygen atoms in total. The third kappa shape index (κ3) is 4.27. The van der Waals surface area contributed by atoms with Crippen molar-refractivity contribution in [2.24, 2.45) is 10.8 Å². The lowest BCUT2D eigenvalue weighted by Gasteiger charge is -2.03. The number of hydrazone groups is 1. The molecule has 3 N–H and O–H groups in total. The lowest BCUT2D eigenvalue weighted by molar-refractivity contribution is 0.249. The summed E-state index contributed by atoms with van der Waals surface area (Å²) in [6.45, 7) is 0.620. The molecule has 2 aromatic carbocycles. The van der Waals surface area contributed by atoms with E-state index in [4.69, 9.17) is 10.5 Å². The van der Waals surface area contributed by atoms with Crippen LogP contribution in [0.2, 0.25) is 0 Å². The molecule has 0 atom stereocenters. The molecule has 1 aromatic heterocycles. The molecule has 0 aliphatic heterocycles. The van der Waals surface area contributed by atoms with Crippen LogP contribution in [0.25, 0.3) is 11.3 Å². The van der Waals surface area contributed by atoms with Crippen molar-refractivity contribution in [3.8, 4) is 17.0 Å². The number of nitrogens with zero attached hydrogens (tertiary/aromatic N) is 3. The Bertz CT molecular complexity index is 919. The summed E-state index contributed by atoms with van der Waals surface area (Å²) in [4.78, 5) is 10.8. The summed E-state index contributed by atoms with van der Waals surface area (Å²) in [5.41, 5.74) is 10.8. The van der Waals surface area contributed by atoms with E-state index in [0.717, 1.165) is 28.1 Å². The van der Waals surface area contributed by atoms with E-state index < -0.39 is 6.03 Å². The molecule has 0 saturated heterocycles. The molecule has 7 heteroatoms. The van der Waals surface area contributed by atoms with Gasteiger partial charge in [-0.3, -0.25) is 4.68 Å². The summed E-state index contributed by atoms with van der Waals surface area (Å²) in [5.74, 6) is 0.734. The van der Waals surface area contributed by atoms with E-state index in [-0.39, 0.29) is 0 Å². The SMILES string of the molecule is COc1cccc(-c2nn(Cc3ccccc3)cc2/C=N\NC(N)=O)c1. The average molecular weight is 349 g/mol. The number of nitrogens with two attached hydrogens (primary N) is 1. The van der Waals surface area contributed by atoms with Crippen molar-refractivity contribution >= 4 is 12.2 Å². The highest BCUT2D eigenvalue weighted by Gasteiger charge is 2.11. The number of hydrogen-bond acceptors (Lipinski definition) is 4. The highest BCUT2D eigenvalue weighted by atomic mass is 16.5. The van der Waals surface area contributed by atoms with Gasteiger partial charge in [0, 0.05) is 17.3 Å². The van der Waals surface area contributed by atoms with Crippen LogP contribution in [0, 0.1) is 0 Å². The maximum atomic E-state index is 10.8. The van der Waals surface area contributed by atoms with Crippen molar-refractivity contribution < 1.29 is 9.53 Å². The minimum absolute atomic E-state index is 0.620. The molecule has 26 heavy (non-hydrogen) atoms. The summed E-state index contributed by atoms with van der Waals surface area (Å²) in [7, 11) is 1.62. The van der Waals surface area contributed by atoms with Crippen LogP contribution in [-0.2, 0) is 6.54 Å². The first-order valence-corrected chi connectivity index (χ1v) is 8.00. The zero-order valence-corrected chi connectivity index (χ0v) is 14.3. The number of ether oxygens (including phenoxy) is 1.